The molecule has 1 fully saturated rings. The zero-order valence-electron chi connectivity index (χ0n) is 19.7. The van der Waals surface area contributed by atoms with Crippen molar-refractivity contribution in [3.8, 4) is 0 Å². The predicted octanol–water partition coefficient (Wildman–Crippen LogP) is 2.73. The first-order valence-corrected chi connectivity index (χ1v) is 15.9. The van der Waals surface area contributed by atoms with E-state index in [-0.39, 0.29) is 28.9 Å². The van der Waals surface area contributed by atoms with Crippen LogP contribution in [0.3, 0.4) is 0 Å². The van der Waals surface area contributed by atoms with Gasteiger partial charge >= 0.3 is 19.0 Å². The molecule has 6 N–H and O–H groups in total. The van der Waals surface area contributed by atoms with Crippen LogP contribution in [0.15, 0.2) is 24.3 Å². The molecule has 2 aliphatic rings. The monoisotopic (exact) mass is 642 g/mol. The summed E-state index contributed by atoms with van der Waals surface area (Å²) in [5.41, 5.74) is 2.81. The minimum atomic E-state index is -5.47. The second-order valence-corrected chi connectivity index (χ2v) is 16.2. The number of alkyl halides is 2. The number of nitrogens with zero attached hydrogens (tertiary/aromatic N) is 5. The number of aromatic nitrogens is 5. The fourth-order valence-electron chi connectivity index (χ4n) is 4.95. The van der Waals surface area contributed by atoms with Crippen molar-refractivity contribution in [3.05, 3.63) is 40.7 Å². The molecule has 2 aliphatic carbocycles. The van der Waals surface area contributed by atoms with Gasteiger partial charge in [-0.25, -0.2) is 4.68 Å². The van der Waals surface area contributed by atoms with E-state index >= 15 is 0 Å². The number of halogens is 3. The number of aliphatic hydroxyl groups is 2. The number of anilines is 1. The second kappa shape index (κ2) is 10.5. The molecule has 1 aromatic carbocycles. The van der Waals surface area contributed by atoms with Crippen LogP contribution in [0.25, 0.3) is 11.2 Å². The van der Waals surface area contributed by atoms with Crippen LogP contribution < -0.4 is 5.32 Å². The van der Waals surface area contributed by atoms with Gasteiger partial charge < -0.3 is 34.7 Å². The molecule has 2 heterocycles. The average Bonchev–Trinajstić information content (AvgIpc) is 3.54. The van der Waals surface area contributed by atoms with E-state index in [1.54, 1.807) is 0 Å². The first-order chi connectivity index (χ1) is 18.2. The average molecular weight is 644 g/mol. The minimum Gasteiger partial charge on any atom is -0.390 e. The standard InChI is InChI=1S/C20H23Cl3N6O8P2/c21-19-25-17(24-12-6-5-9-3-1-2-4-11(9)12)14-18(26-19)29(28-27-14)13-7-10(15(30)16(13)31)8-37-39(35,36)20(22,23)38(32,33)34/h1-4,10,12-13,15-16,30-31H,5-8H2,(H,35,36)(H,24,25,26)(H2,32,33,34)/t10-,12+,13-,15-,16+/m1/s1. The van der Waals surface area contributed by atoms with E-state index in [1.165, 1.54) is 10.2 Å². The van der Waals surface area contributed by atoms with E-state index < -0.39 is 49.8 Å². The number of fused-ring (bicyclic) bond motifs is 2. The van der Waals surface area contributed by atoms with Crippen LogP contribution in [0.5, 0.6) is 0 Å². The molecular weight excluding hydrogens is 621 g/mol. The van der Waals surface area contributed by atoms with Crippen LogP contribution in [0, 0.1) is 5.92 Å². The van der Waals surface area contributed by atoms with E-state index in [0.29, 0.717) is 5.82 Å². The van der Waals surface area contributed by atoms with Crippen molar-refractivity contribution in [1.29, 1.82) is 0 Å². The van der Waals surface area contributed by atoms with Crippen molar-refractivity contribution in [2.45, 2.75) is 47.4 Å². The molecular formula is C20H23Cl3N6O8P2. The van der Waals surface area contributed by atoms with Gasteiger partial charge in [0.25, 0.3) is 0 Å². The van der Waals surface area contributed by atoms with Crippen LogP contribution in [0.1, 0.15) is 36.1 Å². The third-order valence-corrected chi connectivity index (χ3v) is 13.2. The summed E-state index contributed by atoms with van der Waals surface area (Å²) in [5, 5.41) is 32.9. The molecule has 0 bridgehead atoms. The first kappa shape index (κ1) is 29.1. The molecule has 0 aliphatic heterocycles. The Kier molecular flexibility index (Phi) is 7.80. The maximum atomic E-state index is 12.4. The highest BCUT2D eigenvalue weighted by Gasteiger charge is 2.60. The van der Waals surface area contributed by atoms with Crippen molar-refractivity contribution in [1.82, 2.24) is 25.0 Å². The number of hydrogen-bond acceptors (Lipinski definition) is 10. The Morgan fingerprint density at radius 3 is 2.56 bits per heavy atom. The Labute approximate surface area is 236 Å². The summed E-state index contributed by atoms with van der Waals surface area (Å²) in [5.74, 6) is -0.638. The Hall–Kier alpha value is -1.41. The summed E-state index contributed by atoms with van der Waals surface area (Å²) in [6.45, 7) is -0.708. The van der Waals surface area contributed by atoms with Crippen LogP contribution in [0.2, 0.25) is 5.28 Å². The Balaban J connectivity index is 1.37. The van der Waals surface area contributed by atoms with Crippen LogP contribution in [0.4, 0.5) is 5.82 Å². The molecule has 0 saturated heterocycles. The summed E-state index contributed by atoms with van der Waals surface area (Å²) in [4.78, 5) is 36.9. The summed E-state index contributed by atoms with van der Waals surface area (Å²) in [6.07, 6.45) is -1.24. The molecule has 39 heavy (non-hydrogen) atoms. The smallest absolute Gasteiger partial charge is 0.376 e. The van der Waals surface area contributed by atoms with Gasteiger partial charge in [-0.15, -0.1) is 5.10 Å². The van der Waals surface area contributed by atoms with Crippen molar-refractivity contribution in [2.75, 3.05) is 11.9 Å². The Morgan fingerprint density at radius 2 is 1.85 bits per heavy atom. The lowest BCUT2D eigenvalue weighted by molar-refractivity contribution is -0.00372. The van der Waals surface area contributed by atoms with E-state index in [4.69, 9.17) is 39.3 Å². The molecule has 14 nitrogen and oxygen atoms in total. The number of hydrogen-bond donors (Lipinski definition) is 6. The quantitative estimate of drug-likeness (QED) is 0.119. The van der Waals surface area contributed by atoms with Gasteiger partial charge in [-0.1, -0.05) is 52.7 Å². The van der Waals surface area contributed by atoms with Crippen molar-refractivity contribution in [2.24, 2.45) is 5.92 Å². The normalized spacial score (nSPS) is 27.0. The highest BCUT2D eigenvalue weighted by Crippen LogP contribution is 2.76. The van der Waals surface area contributed by atoms with Gasteiger partial charge in [-0.05, 0) is 42.0 Å². The van der Waals surface area contributed by atoms with Crippen LogP contribution in [-0.2, 0) is 20.1 Å². The van der Waals surface area contributed by atoms with Crippen LogP contribution in [-0.4, -0.2) is 72.5 Å². The van der Waals surface area contributed by atoms with Crippen molar-refractivity contribution < 1.29 is 38.5 Å². The SMILES string of the molecule is O=P(O)(O)C(Cl)(Cl)P(=O)(O)OC[C@H]1C[C@@H](n2nnc3c(N[C@H]4CCc5ccccc54)nc(Cl)nc32)[C@H](O)[C@@H]1O. The number of nitrogens with one attached hydrogen (secondary N) is 1. The van der Waals surface area contributed by atoms with E-state index in [0.717, 1.165) is 18.4 Å². The topological polar surface area (TPSA) is 213 Å². The van der Waals surface area contributed by atoms with Crippen LogP contribution >= 0.6 is 50.0 Å². The number of aryl methyl sites for hydroxylation is 1. The van der Waals surface area contributed by atoms with E-state index in [2.05, 4.69) is 31.7 Å². The second-order valence-electron chi connectivity index (χ2n) is 9.40. The van der Waals surface area contributed by atoms with Gasteiger partial charge in [0.1, 0.15) is 6.10 Å². The lowest BCUT2D eigenvalue weighted by Crippen LogP contribution is -2.31. The highest BCUT2D eigenvalue weighted by atomic mass is 35.5. The number of benzene rings is 1. The zero-order chi connectivity index (χ0) is 28.3. The van der Waals surface area contributed by atoms with Gasteiger partial charge in [0.15, 0.2) is 17.0 Å². The first-order valence-electron chi connectivity index (χ1n) is 11.6. The number of rotatable bonds is 8. The minimum absolute atomic E-state index is 0.0424. The van der Waals surface area contributed by atoms with Crippen molar-refractivity contribution >= 4 is 67.0 Å². The van der Waals surface area contributed by atoms with Gasteiger partial charge in [-0.3, -0.25) is 9.13 Å². The molecule has 212 valence electrons. The molecule has 6 atom stereocenters. The van der Waals surface area contributed by atoms with Gasteiger partial charge in [-0.2, -0.15) is 9.97 Å². The summed E-state index contributed by atoms with van der Waals surface area (Å²) in [6, 6.07) is 7.06. The third-order valence-electron chi connectivity index (χ3n) is 6.98. The number of aliphatic hydroxyl groups excluding tert-OH is 2. The third kappa shape index (κ3) is 5.22. The fraction of sp³-hybridized carbons (Fsp3) is 0.500. The molecule has 5 rings (SSSR count). The largest absolute Gasteiger partial charge is 0.390 e. The molecule has 2 aromatic heterocycles. The molecule has 1 saturated carbocycles. The van der Waals surface area contributed by atoms with E-state index in [1.807, 2.05) is 18.2 Å². The van der Waals surface area contributed by atoms with Gasteiger partial charge in [0, 0.05) is 5.92 Å². The zero-order valence-corrected chi connectivity index (χ0v) is 23.8. The van der Waals surface area contributed by atoms with Crippen molar-refractivity contribution in [3.63, 3.8) is 0 Å². The molecule has 0 radical (unpaired) electrons. The summed E-state index contributed by atoms with van der Waals surface area (Å²) in [7, 11) is -10.8. The predicted molar refractivity (Wildman–Crippen MR) is 141 cm³/mol. The molecule has 3 aromatic rings. The molecule has 1 unspecified atom stereocenters. The summed E-state index contributed by atoms with van der Waals surface area (Å²) >= 11 is 17.1. The Bertz CT molecular complexity index is 1510. The van der Waals surface area contributed by atoms with Gasteiger partial charge in [0.2, 0.25) is 5.28 Å². The maximum Gasteiger partial charge on any atom is 0.376 e. The van der Waals surface area contributed by atoms with E-state index in [9.17, 15) is 34.0 Å². The molecule has 0 amide bonds. The lowest BCUT2D eigenvalue weighted by Gasteiger charge is -2.26. The van der Waals surface area contributed by atoms with Gasteiger partial charge in [0.05, 0.1) is 24.8 Å². The molecule has 19 heteroatoms. The maximum absolute atomic E-state index is 12.4. The lowest BCUT2D eigenvalue weighted by atomic mass is 10.1. The highest BCUT2D eigenvalue weighted by molar-refractivity contribution is 7.78. The fourth-order valence-corrected chi connectivity index (χ4v) is 7.44. The molecule has 0 spiro atoms. The summed E-state index contributed by atoms with van der Waals surface area (Å²) < 4.78 is 26.5. The Morgan fingerprint density at radius 1 is 1.13 bits per heavy atom.